The van der Waals surface area contributed by atoms with Gasteiger partial charge in [0.05, 0.1) is 17.1 Å². The Balaban J connectivity index is 0.799. The predicted molar refractivity (Wildman–Crippen MR) is 449 cm³/mol. The molecule has 0 atom stereocenters. The first-order chi connectivity index (χ1) is 52.4. The van der Waals surface area contributed by atoms with Gasteiger partial charge >= 0.3 is 0 Å². The van der Waals surface area contributed by atoms with Crippen LogP contribution in [0.1, 0.15) is 182 Å². The van der Waals surface area contributed by atoms with E-state index in [1.54, 1.807) is 5.56 Å². The number of fused-ring (bicyclic) bond motifs is 12. The van der Waals surface area contributed by atoms with Crippen LogP contribution in [0.4, 0.5) is 62.6 Å². The van der Waals surface area contributed by atoms with E-state index in [2.05, 4.69) is 228 Å². The molecule has 534 valence electrons. The topological polar surface area (TPSA) is 40.2 Å². The Morgan fingerprint density at radius 1 is 0.287 bits per heavy atom. The SMILES string of the molecule is Cc1cc(C)c(N2c3cc4c(cc3B3c5ccccc5Oc5cc(C67CC8CC(CC(C8)C6)C7)cc2c53)B2c3cc5c(cc3N(c3c(C)cc(C)cc3C)c3cc(C67CC8CC(CC(C8)C6)C7)cc(c32)N4c2c(C)cc(C)cc2C)Nc2cc(C34CC6CC(CC(C6)C3)C4)cc3c2B5c2ccccc2O3)c(C)c1. The zero-order valence-corrected chi connectivity index (χ0v) is 64.7. The molecule has 0 amide bonds. The number of nitrogens with zero attached hydrogens (tertiary/aromatic N) is 3. The fraction of sp³-hybridized carbons (Fsp3) is 0.394. The van der Waals surface area contributed by atoms with Crippen molar-refractivity contribution in [2.45, 2.75) is 194 Å². The molecule has 10 aromatic rings. The lowest BCUT2D eigenvalue weighted by Crippen LogP contribution is -2.66. The highest BCUT2D eigenvalue weighted by Crippen LogP contribution is 2.66. The number of ether oxygens (including phenoxy) is 2. The highest BCUT2D eigenvalue weighted by atomic mass is 16.5. The molecule has 9 heteroatoms. The van der Waals surface area contributed by atoms with Gasteiger partial charge in [0.1, 0.15) is 23.0 Å². The zero-order chi connectivity index (χ0) is 71.8. The number of hydrogen-bond donors (Lipinski definition) is 1. The van der Waals surface area contributed by atoms with Gasteiger partial charge in [0.25, 0.3) is 20.1 Å². The van der Waals surface area contributed by atoms with E-state index < -0.39 is 0 Å². The Kier molecular flexibility index (Phi) is 12.6. The predicted octanol–water partition coefficient (Wildman–Crippen LogP) is 19.0. The minimum atomic E-state index is -0.161. The second kappa shape index (κ2) is 21.6. The minimum absolute atomic E-state index is 0.0463. The van der Waals surface area contributed by atoms with Gasteiger partial charge in [0, 0.05) is 45.5 Å². The van der Waals surface area contributed by atoms with E-state index >= 15 is 0 Å². The highest BCUT2D eigenvalue weighted by Gasteiger charge is 2.58. The minimum Gasteiger partial charge on any atom is -0.458 e. The van der Waals surface area contributed by atoms with Crippen LogP contribution in [0, 0.1) is 116 Å². The fourth-order valence-electron chi connectivity index (χ4n) is 29.9. The van der Waals surface area contributed by atoms with Crippen molar-refractivity contribution in [3.05, 3.63) is 212 Å². The van der Waals surface area contributed by atoms with Crippen molar-refractivity contribution >= 4 is 132 Å². The standard InChI is InChI=1S/C99H97B3N4O2/c1-52-18-55(4)94(56(5)19-52)104-81-41-79-75(100-73-14-10-12-16-87(73)107-89-37-70(33-80(103-79)91(89)100)97-43-61-24-62(44-97)26-63(25-61)45-97)39-76(81)102-78-40-77-82(42-83(78)105(95-57(6)20-53(2)21-58(95)7)85-35-71(34-84(104)92(85)102)98-46-64-27-65(47-98)29-66(28-64)48-98)106(96-59(8)22-54(3)23-60(96)9)86-36-72(99-49-67-30-68(50-99)32-69(31-67)51-99)38-90-93(86)101(77)74-15-11-13-17-88(74)108-90/h10-23,33-42,61-69,103H,24-32,43-51H2,1-9H3. The first-order valence-corrected chi connectivity index (χ1v) is 42.3. The Bertz CT molecular complexity index is 5590. The van der Waals surface area contributed by atoms with Crippen LogP contribution < -0.4 is 78.7 Å². The van der Waals surface area contributed by atoms with Crippen molar-refractivity contribution in [1.82, 2.24) is 0 Å². The molecule has 18 aliphatic rings. The van der Waals surface area contributed by atoms with Gasteiger partial charge in [-0.1, -0.05) is 102 Å². The molecule has 12 bridgehead atoms. The molecule has 0 unspecified atom stereocenters. The summed E-state index contributed by atoms with van der Waals surface area (Å²) in [6, 6.07) is 60.4. The summed E-state index contributed by atoms with van der Waals surface area (Å²) < 4.78 is 15.0. The molecule has 0 spiro atoms. The number of rotatable bonds is 6. The first-order valence-electron chi connectivity index (χ1n) is 42.3. The Labute approximate surface area is 640 Å². The van der Waals surface area contributed by atoms with Crippen molar-refractivity contribution in [3.8, 4) is 23.0 Å². The van der Waals surface area contributed by atoms with Crippen molar-refractivity contribution in [1.29, 1.82) is 0 Å². The van der Waals surface area contributed by atoms with Crippen LogP contribution in [0.3, 0.4) is 0 Å². The lowest BCUT2D eigenvalue weighted by Gasteiger charge is -2.57. The fourth-order valence-corrected chi connectivity index (χ4v) is 29.9. The van der Waals surface area contributed by atoms with Gasteiger partial charge in [-0.25, -0.2) is 0 Å². The van der Waals surface area contributed by atoms with Crippen molar-refractivity contribution in [3.63, 3.8) is 0 Å². The third-order valence-corrected chi connectivity index (χ3v) is 32.0. The molecule has 6 nitrogen and oxygen atoms in total. The Morgan fingerprint density at radius 3 is 1.00 bits per heavy atom. The van der Waals surface area contributed by atoms with Gasteiger partial charge in [-0.3, -0.25) is 0 Å². The molecule has 0 radical (unpaired) electrons. The summed E-state index contributed by atoms with van der Waals surface area (Å²) in [7, 11) is 0. The van der Waals surface area contributed by atoms with Gasteiger partial charge in [0.2, 0.25) is 0 Å². The normalized spacial score (nSPS) is 28.8. The van der Waals surface area contributed by atoms with Crippen LogP contribution in [0.5, 0.6) is 23.0 Å². The Hall–Kier alpha value is -8.81. The monoisotopic (exact) mass is 1410 g/mol. The molecule has 6 aliphatic heterocycles. The molecule has 108 heavy (non-hydrogen) atoms. The number of nitrogens with one attached hydrogen (secondary N) is 1. The van der Waals surface area contributed by atoms with Gasteiger partial charge < -0.3 is 29.5 Å². The second-order valence-corrected chi connectivity index (χ2v) is 39.3. The summed E-state index contributed by atoms with van der Waals surface area (Å²) in [6.07, 6.45) is 24.4. The van der Waals surface area contributed by atoms with E-state index in [0.717, 1.165) is 76.3 Å². The number of anilines is 11. The zero-order valence-electron chi connectivity index (χ0n) is 64.7. The third-order valence-electron chi connectivity index (χ3n) is 32.0. The van der Waals surface area contributed by atoms with Gasteiger partial charge in [0.15, 0.2) is 0 Å². The van der Waals surface area contributed by atoms with Crippen LogP contribution in [-0.2, 0) is 16.2 Å². The quantitative estimate of drug-likeness (QED) is 0.167. The molecular weight excluding hydrogens is 1310 g/mol. The van der Waals surface area contributed by atoms with Crippen LogP contribution in [-0.4, -0.2) is 20.1 Å². The lowest BCUT2D eigenvalue weighted by atomic mass is 9.29. The van der Waals surface area contributed by atoms with E-state index in [-0.39, 0.29) is 36.4 Å². The van der Waals surface area contributed by atoms with E-state index in [1.165, 1.54) is 288 Å². The maximum Gasteiger partial charge on any atom is 0.256 e. The lowest BCUT2D eigenvalue weighted by molar-refractivity contribution is -0.00533. The molecule has 6 heterocycles. The average Bonchev–Trinajstić information content (AvgIpc) is 0.675. The average molecular weight is 1410 g/mol. The third kappa shape index (κ3) is 8.56. The smallest absolute Gasteiger partial charge is 0.256 e. The highest BCUT2D eigenvalue weighted by molar-refractivity contribution is 7.04. The molecule has 28 rings (SSSR count). The van der Waals surface area contributed by atoms with Gasteiger partial charge in [-0.15, -0.1) is 0 Å². The van der Waals surface area contributed by atoms with Crippen molar-refractivity contribution in [2.75, 3.05) is 20.0 Å². The van der Waals surface area contributed by atoms with Crippen LogP contribution in [0.15, 0.2) is 146 Å². The second-order valence-electron chi connectivity index (χ2n) is 39.3. The molecular formula is C99H97B3N4O2. The summed E-state index contributed by atoms with van der Waals surface area (Å²) in [5.74, 6) is 11.4. The molecule has 0 saturated heterocycles. The van der Waals surface area contributed by atoms with E-state index in [1.807, 2.05) is 0 Å². The molecule has 1 N–H and O–H groups in total. The summed E-state index contributed by atoms with van der Waals surface area (Å²) in [4.78, 5) is 8.54. The largest absolute Gasteiger partial charge is 0.458 e. The Morgan fingerprint density at radius 2 is 0.602 bits per heavy atom. The molecule has 10 aromatic carbocycles. The van der Waals surface area contributed by atoms with E-state index in [4.69, 9.17) is 9.47 Å². The number of para-hydroxylation sites is 2. The van der Waals surface area contributed by atoms with Gasteiger partial charge in [-0.2, -0.15) is 0 Å². The summed E-state index contributed by atoms with van der Waals surface area (Å²) in [5.41, 5.74) is 43.1. The van der Waals surface area contributed by atoms with Crippen molar-refractivity contribution < 1.29 is 9.47 Å². The van der Waals surface area contributed by atoms with Crippen LogP contribution >= 0.6 is 0 Å². The van der Waals surface area contributed by atoms with Crippen LogP contribution in [0.25, 0.3) is 0 Å². The van der Waals surface area contributed by atoms with Crippen LogP contribution in [0.2, 0.25) is 0 Å². The number of aryl methyl sites for hydroxylation is 9. The van der Waals surface area contributed by atoms with E-state index in [9.17, 15) is 0 Å². The van der Waals surface area contributed by atoms with Crippen molar-refractivity contribution in [2.24, 2.45) is 53.3 Å². The summed E-state index contributed by atoms with van der Waals surface area (Å²) >= 11 is 0. The molecule has 12 aliphatic carbocycles. The molecule has 12 saturated carbocycles. The maximum atomic E-state index is 7.61. The first kappa shape index (κ1) is 63.0. The molecule has 12 fully saturated rings. The maximum absolute atomic E-state index is 7.61. The number of hydrogen-bond acceptors (Lipinski definition) is 6. The van der Waals surface area contributed by atoms with Gasteiger partial charge in [-0.05, 0) is 407 Å². The molecule has 0 aromatic heterocycles. The van der Waals surface area contributed by atoms with E-state index in [0.29, 0.717) is 0 Å². The summed E-state index contributed by atoms with van der Waals surface area (Å²) in [6.45, 7) is 21.1. The summed E-state index contributed by atoms with van der Waals surface area (Å²) in [5, 5.41) is 4.42. The number of benzene rings is 10.